The van der Waals surface area contributed by atoms with Crippen molar-refractivity contribution in [3.05, 3.63) is 62.1 Å². The Labute approximate surface area is 154 Å². The molecule has 132 valence electrons. The molecule has 0 saturated heterocycles. The van der Waals surface area contributed by atoms with E-state index in [9.17, 15) is 14.9 Å². The molecule has 0 aliphatic rings. The van der Waals surface area contributed by atoms with E-state index in [0.29, 0.717) is 27.7 Å². The van der Waals surface area contributed by atoms with Crippen molar-refractivity contribution in [1.29, 1.82) is 0 Å². The van der Waals surface area contributed by atoms with Gasteiger partial charge in [-0.15, -0.1) is 0 Å². The van der Waals surface area contributed by atoms with Crippen molar-refractivity contribution in [2.24, 2.45) is 0 Å². The fraction of sp³-hybridized carbons (Fsp3) is 0.235. The van der Waals surface area contributed by atoms with Crippen LogP contribution in [0.2, 0.25) is 10.0 Å². The minimum atomic E-state index is -0.595. The number of anilines is 1. The van der Waals surface area contributed by atoms with E-state index in [1.54, 1.807) is 24.3 Å². The van der Waals surface area contributed by atoms with Gasteiger partial charge in [-0.3, -0.25) is 14.9 Å². The summed E-state index contributed by atoms with van der Waals surface area (Å²) >= 11 is 12.2. The van der Waals surface area contributed by atoms with E-state index in [4.69, 9.17) is 27.9 Å². The van der Waals surface area contributed by atoms with Crippen molar-refractivity contribution in [2.45, 2.75) is 26.3 Å². The van der Waals surface area contributed by atoms with Gasteiger partial charge in [-0.2, -0.15) is 0 Å². The highest BCUT2D eigenvalue weighted by Crippen LogP contribution is 2.36. The van der Waals surface area contributed by atoms with Gasteiger partial charge in [0.2, 0.25) is 5.75 Å². The van der Waals surface area contributed by atoms with Gasteiger partial charge in [0.1, 0.15) is 0 Å². The summed E-state index contributed by atoms with van der Waals surface area (Å²) in [5, 5.41) is 15.2. The van der Waals surface area contributed by atoms with E-state index >= 15 is 0 Å². The number of nitrogens with zero attached hydrogens (tertiary/aromatic N) is 1. The molecule has 0 atom stereocenters. The van der Waals surface area contributed by atoms with Gasteiger partial charge in [-0.25, -0.2) is 0 Å². The molecule has 0 aromatic heterocycles. The molecule has 0 amide bonds. The smallest absolute Gasteiger partial charge is 0.313 e. The predicted octanol–water partition coefficient (Wildman–Crippen LogP) is 5.22. The Hall–Kier alpha value is -2.31. The normalized spacial score (nSPS) is 10.4. The van der Waals surface area contributed by atoms with Crippen molar-refractivity contribution >= 4 is 40.5 Å². The third-order valence-electron chi connectivity index (χ3n) is 3.38. The molecule has 8 heteroatoms. The number of benzene rings is 2. The molecule has 0 heterocycles. The van der Waals surface area contributed by atoms with Crippen LogP contribution in [0.1, 0.15) is 25.3 Å². The van der Waals surface area contributed by atoms with Crippen LogP contribution >= 0.6 is 23.2 Å². The summed E-state index contributed by atoms with van der Waals surface area (Å²) in [6.45, 7) is 2.04. The highest BCUT2D eigenvalue weighted by atomic mass is 35.5. The summed E-state index contributed by atoms with van der Waals surface area (Å²) in [6, 6.07) is 9.49. The molecule has 0 aliphatic heterocycles. The first-order valence-electron chi connectivity index (χ1n) is 7.58. The summed E-state index contributed by atoms with van der Waals surface area (Å²) in [5.74, 6) is -0.648. The van der Waals surface area contributed by atoms with Crippen LogP contribution in [0, 0.1) is 10.1 Å². The Morgan fingerprint density at radius 1 is 1.20 bits per heavy atom. The van der Waals surface area contributed by atoms with E-state index < -0.39 is 10.9 Å². The summed E-state index contributed by atoms with van der Waals surface area (Å²) in [4.78, 5) is 22.5. The minimum absolute atomic E-state index is 0.117. The second-order valence-corrected chi connectivity index (χ2v) is 6.00. The largest absolute Gasteiger partial charge is 0.417 e. The predicted molar refractivity (Wildman–Crippen MR) is 97.4 cm³/mol. The van der Waals surface area contributed by atoms with E-state index in [2.05, 4.69) is 5.32 Å². The van der Waals surface area contributed by atoms with Crippen LogP contribution in [0.25, 0.3) is 0 Å². The van der Waals surface area contributed by atoms with Crippen molar-refractivity contribution < 1.29 is 14.5 Å². The average molecular weight is 383 g/mol. The number of rotatable bonds is 7. The lowest BCUT2D eigenvalue weighted by atomic mass is 10.2. The molecular formula is C17H16Cl2N2O4. The van der Waals surface area contributed by atoms with Gasteiger partial charge in [0, 0.05) is 34.6 Å². The summed E-state index contributed by atoms with van der Waals surface area (Å²) in [7, 11) is 0. The van der Waals surface area contributed by atoms with Gasteiger partial charge in [0.25, 0.3) is 0 Å². The van der Waals surface area contributed by atoms with Crippen molar-refractivity contribution in [3.63, 3.8) is 0 Å². The fourth-order valence-electron chi connectivity index (χ4n) is 2.17. The van der Waals surface area contributed by atoms with E-state index in [0.717, 1.165) is 0 Å². The number of carbonyl (C=O) groups excluding carboxylic acids is 1. The molecule has 1 N–H and O–H groups in total. The Morgan fingerprint density at radius 2 is 1.84 bits per heavy atom. The average Bonchev–Trinajstić information content (AvgIpc) is 2.55. The topological polar surface area (TPSA) is 81.5 Å². The van der Waals surface area contributed by atoms with E-state index in [1.165, 1.54) is 12.1 Å². The lowest BCUT2D eigenvalue weighted by molar-refractivity contribution is -0.385. The zero-order chi connectivity index (χ0) is 18.4. The number of hydrogen-bond acceptors (Lipinski definition) is 5. The molecule has 2 aromatic rings. The highest BCUT2D eigenvalue weighted by Gasteiger charge is 2.22. The molecule has 0 fully saturated rings. The molecule has 0 saturated carbocycles. The SMILES string of the molecule is CCCC(=O)Oc1c(NCc2c(Cl)cccc2Cl)cccc1[N+](=O)[O-]. The maximum atomic E-state index is 11.8. The quantitative estimate of drug-likeness (QED) is 0.307. The zero-order valence-electron chi connectivity index (χ0n) is 13.4. The minimum Gasteiger partial charge on any atom is -0.417 e. The van der Waals surface area contributed by atoms with Crippen LogP contribution in [0.5, 0.6) is 5.75 Å². The van der Waals surface area contributed by atoms with Gasteiger partial charge >= 0.3 is 11.7 Å². The van der Waals surface area contributed by atoms with Crippen LogP contribution < -0.4 is 10.1 Å². The lowest BCUT2D eigenvalue weighted by Crippen LogP contribution is -2.11. The van der Waals surface area contributed by atoms with Crippen molar-refractivity contribution in [1.82, 2.24) is 0 Å². The van der Waals surface area contributed by atoms with Gasteiger partial charge < -0.3 is 10.1 Å². The molecular weight excluding hydrogens is 367 g/mol. The number of nitro groups is 1. The Balaban J connectivity index is 2.31. The number of nitrogens with one attached hydrogen (secondary N) is 1. The number of halogens is 2. The summed E-state index contributed by atoms with van der Waals surface area (Å²) < 4.78 is 5.22. The van der Waals surface area contributed by atoms with Crippen LogP contribution in [-0.4, -0.2) is 10.9 Å². The number of para-hydroxylation sites is 1. The third kappa shape index (κ3) is 4.84. The second-order valence-electron chi connectivity index (χ2n) is 5.19. The molecule has 0 bridgehead atoms. The molecule has 0 spiro atoms. The summed E-state index contributed by atoms with van der Waals surface area (Å²) in [5.41, 5.74) is 0.664. The zero-order valence-corrected chi connectivity index (χ0v) is 14.9. The molecule has 25 heavy (non-hydrogen) atoms. The lowest BCUT2D eigenvalue weighted by Gasteiger charge is -2.13. The fourth-order valence-corrected chi connectivity index (χ4v) is 2.70. The van der Waals surface area contributed by atoms with Crippen molar-refractivity contribution in [2.75, 3.05) is 5.32 Å². The molecule has 6 nitrogen and oxygen atoms in total. The van der Waals surface area contributed by atoms with Gasteiger partial charge in [-0.05, 0) is 24.6 Å². The Bertz CT molecular complexity index is 776. The van der Waals surface area contributed by atoms with Crippen LogP contribution in [0.4, 0.5) is 11.4 Å². The van der Waals surface area contributed by atoms with Crippen LogP contribution in [0.15, 0.2) is 36.4 Å². The van der Waals surface area contributed by atoms with Gasteiger partial charge in [0.15, 0.2) is 0 Å². The molecule has 2 aromatic carbocycles. The van der Waals surface area contributed by atoms with Crippen LogP contribution in [0.3, 0.4) is 0 Å². The van der Waals surface area contributed by atoms with Gasteiger partial charge in [0.05, 0.1) is 10.6 Å². The number of nitro benzene ring substituents is 1. The first-order valence-corrected chi connectivity index (χ1v) is 8.34. The first-order chi connectivity index (χ1) is 11.9. The molecule has 2 rings (SSSR count). The Morgan fingerprint density at radius 3 is 2.44 bits per heavy atom. The molecule has 0 radical (unpaired) electrons. The van der Waals surface area contributed by atoms with E-state index in [1.807, 2.05) is 6.92 Å². The second kappa shape index (κ2) is 8.69. The number of esters is 1. The van der Waals surface area contributed by atoms with E-state index in [-0.39, 0.29) is 24.4 Å². The summed E-state index contributed by atoms with van der Waals surface area (Å²) in [6.07, 6.45) is 0.749. The maximum Gasteiger partial charge on any atom is 0.313 e. The standard InChI is InChI=1S/C17H16Cl2N2O4/c1-2-5-16(22)25-17-14(8-4-9-15(17)21(23)24)20-10-11-12(18)6-3-7-13(11)19/h3-4,6-9,20H,2,5,10H2,1H3. The number of hydrogen-bond donors (Lipinski definition) is 1. The molecule has 0 aliphatic carbocycles. The maximum absolute atomic E-state index is 11.8. The Kier molecular flexibility index (Phi) is 6.61. The third-order valence-corrected chi connectivity index (χ3v) is 4.09. The molecule has 0 unspecified atom stereocenters. The first kappa shape index (κ1) is 19.0. The number of ether oxygens (including phenoxy) is 1. The van der Waals surface area contributed by atoms with Gasteiger partial charge in [-0.1, -0.05) is 42.3 Å². The highest BCUT2D eigenvalue weighted by molar-refractivity contribution is 6.36. The van der Waals surface area contributed by atoms with Crippen LogP contribution in [-0.2, 0) is 11.3 Å². The van der Waals surface area contributed by atoms with Crippen molar-refractivity contribution in [3.8, 4) is 5.75 Å². The number of carbonyl (C=O) groups is 1. The monoisotopic (exact) mass is 382 g/mol.